The van der Waals surface area contributed by atoms with Gasteiger partial charge in [0.25, 0.3) is 5.91 Å². The first-order chi connectivity index (χ1) is 9.74. The third-order valence-electron chi connectivity index (χ3n) is 3.25. The summed E-state index contributed by atoms with van der Waals surface area (Å²) in [6.45, 7) is 1.97. The summed E-state index contributed by atoms with van der Waals surface area (Å²) < 4.78 is 0. The van der Waals surface area contributed by atoms with Gasteiger partial charge in [-0.05, 0) is 30.7 Å². The van der Waals surface area contributed by atoms with E-state index < -0.39 is 0 Å². The van der Waals surface area contributed by atoms with Gasteiger partial charge >= 0.3 is 0 Å². The Bertz CT molecular complexity index is 781. The Morgan fingerprint density at radius 3 is 2.65 bits per heavy atom. The van der Waals surface area contributed by atoms with E-state index in [9.17, 15) is 4.79 Å². The van der Waals surface area contributed by atoms with Gasteiger partial charge in [0.1, 0.15) is 0 Å². The van der Waals surface area contributed by atoms with Crippen molar-refractivity contribution in [3.63, 3.8) is 0 Å². The van der Waals surface area contributed by atoms with Gasteiger partial charge < -0.3 is 5.32 Å². The van der Waals surface area contributed by atoms with Crippen LogP contribution in [-0.2, 0) is 0 Å². The number of nitrogens with zero attached hydrogens (tertiary/aromatic N) is 1. The van der Waals surface area contributed by atoms with Gasteiger partial charge in [-0.2, -0.15) is 0 Å². The minimum absolute atomic E-state index is 0.141. The van der Waals surface area contributed by atoms with Gasteiger partial charge in [0.15, 0.2) is 0 Å². The van der Waals surface area contributed by atoms with E-state index in [-0.39, 0.29) is 5.91 Å². The standard InChI is InChI=1S/C17H14N2O/c1-12-6-2-4-8-15(12)19-17(20)14-10-13-7-3-5-9-16(13)18-11-14/h2-11H,1H3,(H,19,20). The topological polar surface area (TPSA) is 42.0 Å². The van der Waals surface area contributed by atoms with E-state index in [1.807, 2.05) is 61.5 Å². The van der Waals surface area contributed by atoms with E-state index in [4.69, 9.17) is 0 Å². The van der Waals surface area contributed by atoms with Crippen molar-refractivity contribution in [2.75, 3.05) is 5.32 Å². The quantitative estimate of drug-likeness (QED) is 0.763. The van der Waals surface area contributed by atoms with Gasteiger partial charge in [0.2, 0.25) is 0 Å². The third kappa shape index (κ3) is 2.38. The number of aryl methyl sites for hydroxylation is 1. The number of hydrogen-bond donors (Lipinski definition) is 1. The largest absolute Gasteiger partial charge is 0.322 e. The highest BCUT2D eigenvalue weighted by Crippen LogP contribution is 2.16. The Morgan fingerprint density at radius 2 is 1.80 bits per heavy atom. The van der Waals surface area contributed by atoms with Crippen LogP contribution in [0.15, 0.2) is 60.8 Å². The molecule has 0 aliphatic carbocycles. The Labute approximate surface area is 117 Å². The first-order valence-corrected chi connectivity index (χ1v) is 6.46. The van der Waals surface area contributed by atoms with Gasteiger partial charge in [-0.1, -0.05) is 36.4 Å². The number of rotatable bonds is 2. The fourth-order valence-corrected chi connectivity index (χ4v) is 2.10. The number of para-hydroxylation sites is 2. The molecule has 0 radical (unpaired) electrons. The van der Waals surface area contributed by atoms with Crippen molar-refractivity contribution in [2.24, 2.45) is 0 Å². The zero-order valence-electron chi connectivity index (χ0n) is 11.1. The molecule has 98 valence electrons. The Morgan fingerprint density at radius 1 is 1.05 bits per heavy atom. The van der Waals surface area contributed by atoms with Crippen molar-refractivity contribution >= 4 is 22.5 Å². The minimum Gasteiger partial charge on any atom is -0.322 e. The number of carbonyl (C=O) groups is 1. The smallest absolute Gasteiger partial charge is 0.257 e. The van der Waals surface area contributed by atoms with Crippen molar-refractivity contribution < 1.29 is 4.79 Å². The van der Waals surface area contributed by atoms with Crippen molar-refractivity contribution in [3.05, 3.63) is 71.9 Å². The SMILES string of the molecule is Cc1ccccc1NC(=O)c1cnc2ccccc2c1. The fraction of sp³-hybridized carbons (Fsp3) is 0.0588. The van der Waals surface area contributed by atoms with Crippen LogP contribution in [0.25, 0.3) is 10.9 Å². The second-order valence-electron chi connectivity index (χ2n) is 4.69. The molecular formula is C17H14N2O. The van der Waals surface area contributed by atoms with Crippen LogP contribution in [0.3, 0.4) is 0 Å². The first kappa shape index (κ1) is 12.4. The lowest BCUT2D eigenvalue weighted by molar-refractivity contribution is 0.102. The predicted molar refractivity (Wildman–Crippen MR) is 80.9 cm³/mol. The summed E-state index contributed by atoms with van der Waals surface area (Å²) in [4.78, 5) is 16.6. The lowest BCUT2D eigenvalue weighted by Crippen LogP contribution is -2.13. The summed E-state index contributed by atoms with van der Waals surface area (Å²) in [5.41, 5.74) is 3.31. The zero-order chi connectivity index (χ0) is 13.9. The second-order valence-corrected chi connectivity index (χ2v) is 4.69. The maximum atomic E-state index is 12.3. The van der Waals surface area contributed by atoms with Crippen LogP contribution < -0.4 is 5.32 Å². The van der Waals surface area contributed by atoms with Crippen molar-refractivity contribution in [1.82, 2.24) is 4.98 Å². The molecule has 0 spiro atoms. The zero-order valence-corrected chi connectivity index (χ0v) is 11.1. The molecule has 3 rings (SSSR count). The van der Waals surface area contributed by atoms with Crippen LogP contribution in [0.4, 0.5) is 5.69 Å². The minimum atomic E-state index is -0.141. The van der Waals surface area contributed by atoms with E-state index in [0.29, 0.717) is 5.56 Å². The van der Waals surface area contributed by atoms with Gasteiger partial charge in [-0.25, -0.2) is 0 Å². The summed E-state index contributed by atoms with van der Waals surface area (Å²) in [6, 6.07) is 17.3. The molecule has 20 heavy (non-hydrogen) atoms. The lowest BCUT2D eigenvalue weighted by Gasteiger charge is -2.08. The van der Waals surface area contributed by atoms with Gasteiger partial charge in [-0.15, -0.1) is 0 Å². The highest BCUT2D eigenvalue weighted by Gasteiger charge is 2.08. The van der Waals surface area contributed by atoms with Crippen molar-refractivity contribution in [3.8, 4) is 0 Å². The van der Waals surface area contributed by atoms with Crippen LogP contribution in [-0.4, -0.2) is 10.9 Å². The molecule has 0 saturated heterocycles. The number of amides is 1. The van der Waals surface area contributed by atoms with E-state index in [0.717, 1.165) is 22.2 Å². The van der Waals surface area contributed by atoms with E-state index in [1.165, 1.54) is 0 Å². The summed E-state index contributed by atoms with van der Waals surface area (Å²) in [5, 5.41) is 3.88. The molecule has 0 saturated carbocycles. The van der Waals surface area contributed by atoms with Gasteiger partial charge in [-0.3, -0.25) is 9.78 Å². The maximum absolute atomic E-state index is 12.3. The number of hydrogen-bond acceptors (Lipinski definition) is 2. The molecule has 3 aromatic rings. The number of nitrogens with one attached hydrogen (secondary N) is 1. The van der Waals surface area contributed by atoms with Crippen LogP contribution in [0, 0.1) is 6.92 Å². The highest BCUT2D eigenvalue weighted by atomic mass is 16.1. The number of fused-ring (bicyclic) bond motifs is 1. The van der Waals surface area contributed by atoms with E-state index in [1.54, 1.807) is 6.20 Å². The molecule has 3 nitrogen and oxygen atoms in total. The first-order valence-electron chi connectivity index (χ1n) is 6.46. The summed E-state index contributed by atoms with van der Waals surface area (Å²) in [6.07, 6.45) is 1.61. The summed E-state index contributed by atoms with van der Waals surface area (Å²) >= 11 is 0. The predicted octanol–water partition coefficient (Wildman–Crippen LogP) is 3.80. The average molecular weight is 262 g/mol. The molecule has 0 bridgehead atoms. The van der Waals surface area contributed by atoms with Gasteiger partial charge in [0, 0.05) is 17.3 Å². The number of carbonyl (C=O) groups excluding carboxylic acids is 1. The number of aromatic nitrogens is 1. The molecule has 3 heteroatoms. The molecular weight excluding hydrogens is 248 g/mol. The molecule has 0 fully saturated rings. The molecule has 1 N–H and O–H groups in total. The summed E-state index contributed by atoms with van der Waals surface area (Å²) in [7, 11) is 0. The maximum Gasteiger partial charge on any atom is 0.257 e. The highest BCUT2D eigenvalue weighted by molar-refractivity contribution is 6.06. The normalized spacial score (nSPS) is 10.4. The number of benzene rings is 2. The lowest BCUT2D eigenvalue weighted by atomic mass is 10.1. The van der Waals surface area contributed by atoms with E-state index >= 15 is 0 Å². The van der Waals surface area contributed by atoms with Crippen LogP contribution in [0.1, 0.15) is 15.9 Å². The molecule has 0 atom stereocenters. The molecule has 2 aromatic carbocycles. The van der Waals surface area contributed by atoms with Crippen LogP contribution in [0.2, 0.25) is 0 Å². The molecule has 0 aliphatic heterocycles. The van der Waals surface area contributed by atoms with Crippen LogP contribution >= 0.6 is 0 Å². The monoisotopic (exact) mass is 262 g/mol. The fourth-order valence-electron chi connectivity index (χ4n) is 2.10. The van der Waals surface area contributed by atoms with Crippen molar-refractivity contribution in [2.45, 2.75) is 6.92 Å². The van der Waals surface area contributed by atoms with E-state index in [2.05, 4.69) is 10.3 Å². The second kappa shape index (κ2) is 5.13. The van der Waals surface area contributed by atoms with Crippen LogP contribution in [0.5, 0.6) is 0 Å². The average Bonchev–Trinajstić information content (AvgIpc) is 2.49. The Balaban J connectivity index is 1.91. The Kier molecular flexibility index (Phi) is 3.17. The van der Waals surface area contributed by atoms with Gasteiger partial charge in [0.05, 0.1) is 11.1 Å². The molecule has 1 aromatic heterocycles. The third-order valence-corrected chi connectivity index (χ3v) is 3.25. The molecule has 0 aliphatic rings. The Hall–Kier alpha value is -2.68. The molecule has 0 unspecified atom stereocenters. The number of anilines is 1. The number of pyridine rings is 1. The molecule has 1 heterocycles. The molecule has 1 amide bonds. The summed E-state index contributed by atoms with van der Waals surface area (Å²) in [5.74, 6) is -0.141. The van der Waals surface area contributed by atoms with Crippen molar-refractivity contribution in [1.29, 1.82) is 0 Å².